The SMILES string of the molecule is COc1ccc(-c2cc(-c3ccccc3)nc3c2CC(=S)Nc2ccccc2-3)cc1OC. The van der Waals surface area contributed by atoms with Gasteiger partial charge in [0.1, 0.15) is 0 Å². The number of thiocarbonyl (C=S) groups is 1. The van der Waals surface area contributed by atoms with Gasteiger partial charge >= 0.3 is 0 Å². The number of hydrogen-bond acceptors (Lipinski definition) is 4. The van der Waals surface area contributed by atoms with Crippen molar-refractivity contribution in [3.63, 3.8) is 0 Å². The molecule has 0 aliphatic carbocycles. The molecule has 158 valence electrons. The molecule has 1 aromatic heterocycles. The zero-order valence-corrected chi connectivity index (χ0v) is 18.7. The monoisotopic (exact) mass is 438 g/mol. The summed E-state index contributed by atoms with van der Waals surface area (Å²) in [5.74, 6) is 1.38. The van der Waals surface area contributed by atoms with Crippen molar-refractivity contribution in [2.75, 3.05) is 19.5 Å². The van der Waals surface area contributed by atoms with Crippen molar-refractivity contribution in [2.24, 2.45) is 0 Å². The van der Waals surface area contributed by atoms with Crippen molar-refractivity contribution < 1.29 is 9.47 Å². The molecule has 5 rings (SSSR count). The van der Waals surface area contributed by atoms with E-state index < -0.39 is 0 Å². The Morgan fingerprint density at radius 2 is 1.53 bits per heavy atom. The van der Waals surface area contributed by atoms with Gasteiger partial charge in [-0.05, 0) is 41.0 Å². The second-order valence-electron chi connectivity index (χ2n) is 7.59. The van der Waals surface area contributed by atoms with Crippen LogP contribution in [0.2, 0.25) is 0 Å². The summed E-state index contributed by atoms with van der Waals surface area (Å²) in [4.78, 5) is 5.90. The molecule has 4 nitrogen and oxygen atoms in total. The Morgan fingerprint density at radius 1 is 0.781 bits per heavy atom. The number of rotatable bonds is 4. The number of hydrogen-bond donors (Lipinski definition) is 1. The maximum atomic E-state index is 5.69. The fourth-order valence-electron chi connectivity index (χ4n) is 4.15. The second-order valence-corrected chi connectivity index (χ2v) is 8.08. The highest BCUT2D eigenvalue weighted by Gasteiger charge is 2.23. The van der Waals surface area contributed by atoms with Gasteiger partial charge in [0.05, 0.1) is 30.6 Å². The molecule has 0 fully saturated rings. The molecule has 0 saturated carbocycles. The van der Waals surface area contributed by atoms with Crippen molar-refractivity contribution in [3.8, 4) is 45.1 Å². The number of anilines is 1. The standard InChI is InChI=1S/C27H22N2O2S/c1-30-24-13-12-18(14-25(24)31-2)20-15-23(17-8-4-3-5-9-17)29-27-19-10-6-7-11-22(19)28-26(32)16-21(20)27/h3-15H,16H2,1-2H3,(H,28,32). The van der Waals surface area contributed by atoms with Crippen LogP contribution in [0.1, 0.15) is 5.56 Å². The van der Waals surface area contributed by atoms with Crippen LogP contribution in [0.15, 0.2) is 78.9 Å². The number of benzene rings is 3. The first-order chi connectivity index (χ1) is 15.7. The lowest BCUT2D eigenvalue weighted by molar-refractivity contribution is 0.355. The predicted molar refractivity (Wildman–Crippen MR) is 134 cm³/mol. The van der Waals surface area contributed by atoms with Gasteiger partial charge in [-0.3, -0.25) is 0 Å². The predicted octanol–water partition coefficient (Wildman–Crippen LogP) is 6.40. The van der Waals surface area contributed by atoms with Crippen LogP contribution in [-0.4, -0.2) is 24.2 Å². The van der Waals surface area contributed by atoms with Crippen LogP contribution in [0.25, 0.3) is 33.6 Å². The summed E-state index contributed by atoms with van der Waals surface area (Å²) >= 11 is 5.69. The quantitative estimate of drug-likeness (QED) is 0.374. The maximum Gasteiger partial charge on any atom is 0.161 e. The Balaban J connectivity index is 1.82. The fraction of sp³-hybridized carbons (Fsp3) is 0.111. The summed E-state index contributed by atoms with van der Waals surface area (Å²) in [5, 5.41) is 3.39. The Kier molecular flexibility index (Phi) is 5.33. The maximum absolute atomic E-state index is 5.69. The van der Waals surface area contributed by atoms with E-state index in [1.807, 2.05) is 48.5 Å². The van der Waals surface area contributed by atoms with Crippen LogP contribution in [-0.2, 0) is 6.42 Å². The number of methoxy groups -OCH3 is 2. The van der Waals surface area contributed by atoms with Gasteiger partial charge in [0, 0.05) is 23.2 Å². The molecular weight excluding hydrogens is 416 g/mol. The van der Waals surface area contributed by atoms with Gasteiger partial charge < -0.3 is 14.8 Å². The van der Waals surface area contributed by atoms with Crippen molar-refractivity contribution in [3.05, 3.63) is 84.4 Å². The van der Waals surface area contributed by atoms with Gasteiger partial charge in [-0.15, -0.1) is 0 Å². The normalized spacial score (nSPS) is 12.2. The van der Waals surface area contributed by atoms with E-state index in [-0.39, 0.29) is 0 Å². The first-order valence-corrected chi connectivity index (χ1v) is 10.8. The summed E-state index contributed by atoms with van der Waals surface area (Å²) in [7, 11) is 3.30. The molecule has 0 saturated heterocycles. The van der Waals surface area contributed by atoms with Gasteiger partial charge in [-0.25, -0.2) is 4.98 Å². The third kappa shape index (κ3) is 3.61. The summed E-state index contributed by atoms with van der Waals surface area (Å²) < 4.78 is 11.0. The Bertz CT molecular complexity index is 1320. The summed E-state index contributed by atoms with van der Waals surface area (Å²) in [6.45, 7) is 0. The highest BCUT2D eigenvalue weighted by molar-refractivity contribution is 7.80. The molecule has 0 atom stereocenters. The molecule has 3 aromatic carbocycles. The van der Waals surface area contributed by atoms with Crippen LogP contribution in [0.3, 0.4) is 0 Å². The zero-order valence-electron chi connectivity index (χ0n) is 17.9. The molecule has 0 bridgehead atoms. The van der Waals surface area contributed by atoms with Crippen LogP contribution < -0.4 is 14.8 Å². The molecule has 0 unspecified atom stereocenters. The van der Waals surface area contributed by atoms with Crippen LogP contribution in [0.4, 0.5) is 5.69 Å². The van der Waals surface area contributed by atoms with Crippen LogP contribution in [0, 0.1) is 0 Å². The highest BCUT2D eigenvalue weighted by atomic mass is 32.1. The van der Waals surface area contributed by atoms with E-state index in [1.165, 1.54) is 0 Å². The lowest BCUT2D eigenvalue weighted by Gasteiger charge is -2.17. The van der Waals surface area contributed by atoms with Crippen molar-refractivity contribution in [2.45, 2.75) is 6.42 Å². The summed E-state index contributed by atoms with van der Waals surface area (Å²) in [5.41, 5.74) is 8.15. The molecular formula is C27H22N2O2S. The third-order valence-corrected chi connectivity index (χ3v) is 5.93. The van der Waals surface area contributed by atoms with Gasteiger partial charge in [0.2, 0.25) is 0 Å². The average molecular weight is 439 g/mol. The number of aromatic nitrogens is 1. The molecule has 1 N–H and O–H groups in total. The van der Waals surface area contributed by atoms with E-state index in [0.717, 1.165) is 49.9 Å². The minimum Gasteiger partial charge on any atom is -0.493 e. The van der Waals surface area contributed by atoms with E-state index in [1.54, 1.807) is 14.2 Å². The molecule has 0 amide bonds. The van der Waals surface area contributed by atoms with Gasteiger partial charge in [0.25, 0.3) is 0 Å². The van der Waals surface area contributed by atoms with E-state index in [9.17, 15) is 0 Å². The van der Waals surface area contributed by atoms with E-state index >= 15 is 0 Å². The van der Waals surface area contributed by atoms with Gasteiger partial charge in [-0.1, -0.05) is 66.8 Å². The van der Waals surface area contributed by atoms with Gasteiger partial charge in [0.15, 0.2) is 11.5 Å². The first-order valence-electron chi connectivity index (χ1n) is 10.4. The number of fused-ring (bicyclic) bond motifs is 3. The fourth-order valence-corrected chi connectivity index (χ4v) is 4.40. The minimum atomic E-state index is 0.602. The van der Waals surface area contributed by atoms with Crippen LogP contribution in [0.5, 0.6) is 11.5 Å². The largest absolute Gasteiger partial charge is 0.493 e. The lowest BCUT2D eigenvalue weighted by Crippen LogP contribution is -2.11. The molecule has 4 aromatic rings. The second kappa shape index (κ2) is 8.44. The smallest absolute Gasteiger partial charge is 0.161 e. The Labute approximate surface area is 192 Å². The highest BCUT2D eigenvalue weighted by Crippen LogP contribution is 2.41. The third-order valence-electron chi connectivity index (χ3n) is 5.68. The number of pyridine rings is 1. The van der Waals surface area contributed by atoms with Crippen molar-refractivity contribution >= 4 is 22.9 Å². The summed E-state index contributed by atoms with van der Waals surface area (Å²) in [6.07, 6.45) is 0.602. The first kappa shape index (κ1) is 20.2. The molecule has 0 spiro atoms. The topological polar surface area (TPSA) is 43.4 Å². The number of para-hydroxylation sites is 1. The molecule has 0 radical (unpaired) electrons. The molecule has 2 heterocycles. The number of nitrogens with one attached hydrogen (secondary N) is 1. The number of nitrogens with zero attached hydrogens (tertiary/aromatic N) is 1. The van der Waals surface area contributed by atoms with E-state index in [4.69, 9.17) is 26.7 Å². The molecule has 5 heteroatoms. The average Bonchev–Trinajstić information content (AvgIpc) is 2.99. The molecule has 32 heavy (non-hydrogen) atoms. The lowest BCUT2D eigenvalue weighted by atomic mass is 9.92. The van der Waals surface area contributed by atoms with Crippen LogP contribution >= 0.6 is 12.2 Å². The van der Waals surface area contributed by atoms with E-state index in [0.29, 0.717) is 17.9 Å². The molecule has 1 aliphatic heterocycles. The Hall–Kier alpha value is -3.70. The Morgan fingerprint density at radius 3 is 2.31 bits per heavy atom. The zero-order chi connectivity index (χ0) is 22.1. The van der Waals surface area contributed by atoms with Crippen molar-refractivity contribution in [1.82, 2.24) is 4.98 Å². The number of ether oxygens (including phenoxy) is 2. The van der Waals surface area contributed by atoms with Crippen molar-refractivity contribution in [1.29, 1.82) is 0 Å². The molecule has 1 aliphatic rings. The summed E-state index contributed by atoms with van der Waals surface area (Å²) in [6, 6.07) is 26.6. The van der Waals surface area contributed by atoms with E-state index in [2.05, 4.69) is 35.6 Å². The minimum absolute atomic E-state index is 0.602. The van der Waals surface area contributed by atoms with Gasteiger partial charge in [-0.2, -0.15) is 0 Å².